The number of hydrogen-bond acceptors (Lipinski definition) is 10. The number of rotatable bonds is 6. The van der Waals surface area contributed by atoms with E-state index in [9.17, 15) is 38.8 Å². The van der Waals surface area contributed by atoms with E-state index in [4.69, 9.17) is 35.3 Å². The van der Waals surface area contributed by atoms with Crippen molar-refractivity contribution in [2.24, 2.45) is 0 Å². The number of sulfone groups is 2. The predicted octanol–water partition coefficient (Wildman–Crippen LogP) is 5.64. The Morgan fingerprint density at radius 2 is 1.23 bits per heavy atom. The van der Waals surface area contributed by atoms with E-state index in [1.165, 1.54) is 24.5 Å². The fraction of sp³-hybridized carbons (Fsp3) is 0.414. The average molecular weight is 726 g/mol. The Balaban J connectivity index is 0.000000172. The van der Waals surface area contributed by atoms with Gasteiger partial charge in [0.1, 0.15) is 17.3 Å². The maximum Gasteiger partial charge on any atom is 0.341 e. The molecule has 2 aromatic carbocycles. The van der Waals surface area contributed by atoms with Gasteiger partial charge in [-0.15, -0.1) is 0 Å². The molecule has 0 amide bonds. The summed E-state index contributed by atoms with van der Waals surface area (Å²) in [7, 11) is -9.69. The monoisotopic (exact) mass is 725 g/mol. The summed E-state index contributed by atoms with van der Waals surface area (Å²) in [6.07, 6.45) is 3.94. The summed E-state index contributed by atoms with van der Waals surface area (Å²) in [4.78, 5) is 2.82. The number of pyridine rings is 1. The maximum atomic E-state index is 13.8. The average Bonchev–Trinajstić information content (AvgIpc) is 3.84. The third-order valence-electron chi connectivity index (χ3n) is 8.12. The first-order valence-electron chi connectivity index (χ1n) is 14.1. The summed E-state index contributed by atoms with van der Waals surface area (Å²) in [5, 5.41) is 0.361. The SMILES string of the molecule is O=S(=O)(c1ccc(F)c2c1C1(CC2)OCCO1)C(F)F.O=S(=O)(c1ccc(Oc2cncc(Cl)c2)c2c1C1(CC2)OCCO1)C(F)F. The molecule has 2 spiro atoms. The van der Waals surface area contributed by atoms with Gasteiger partial charge in [0, 0.05) is 41.8 Å². The smallest absolute Gasteiger partial charge is 0.341 e. The van der Waals surface area contributed by atoms with Gasteiger partial charge >= 0.3 is 11.5 Å². The van der Waals surface area contributed by atoms with E-state index in [1.807, 2.05) is 0 Å². The molecule has 2 aliphatic heterocycles. The van der Waals surface area contributed by atoms with Crippen LogP contribution in [-0.4, -0.2) is 59.8 Å². The number of hydrogen-bond donors (Lipinski definition) is 0. The second-order valence-corrected chi connectivity index (χ2v) is 15.0. The Bertz CT molecular complexity index is 1920. The van der Waals surface area contributed by atoms with Crippen LogP contribution in [0.4, 0.5) is 22.0 Å². The topological polar surface area (TPSA) is 127 Å². The molecule has 4 aliphatic rings. The molecule has 0 radical (unpaired) electrons. The van der Waals surface area contributed by atoms with Crippen molar-refractivity contribution in [2.45, 2.75) is 58.6 Å². The standard InChI is InChI=1S/C17H14ClF2NO5S.C12H11F3O4S/c18-10-7-11(9-21-8-10)26-13-1-2-14(27(22,23)16(19)20)15-12(13)3-4-17(15)24-5-6-25-17;13-8-1-2-9(20(16,17)11(14)15)10-7(8)3-4-12(10)18-5-6-19-12/h1-2,7-9,16H,3-6H2;1-2,11H,3-6H2. The quantitative estimate of drug-likeness (QED) is 0.233. The normalized spacial score (nSPS) is 19.3. The highest BCUT2D eigenvalue weighted by Gasteiger charge is 2.51. The molecule has 2 aliphatic carbocycles. The van der Waals surface area contributed by atoms with E-state index in [-0.39, 0.29) is 56.0 Å². The molecule has 47 heavy (non-hydrogen) atoms. The number of ether oxygens (including phenoxy) is 5. The minimum absolute atomic E-state index is 0.0774. The van der Waals surface area contributed by atoms with Crippen molar-refractivity contribution in [3.8, 4) is 11.5 Å². The summed E-state index contributed by atoms with van der Waals surface area (Å²) < 4.78 is 142. The fourth-order valence-corrected chi connectivity index (χ4v) is 8.38. The molecule has 18 heteroatoms. The largest absolute Gasteiger partial charge is 0.455 e. The second kappa shape index (κ2) is 12.5. The van der Waals surface area contributed by atoms with E-state index < -0.39 is 58.4 Å². The molecule has 1 aromatic heterocycles. The van der Waals surface area contributed by atoms with Crippen molar-refractivity contribution in [1.82, 2.24) is 4.98 Å². The van der Waals surface area contributed by atoms with Crippen LogP contribution in [-0.2, 0) is 63.0 Å². The lowest BCUT2D eigenvalue weighted by Gasteiger charge is -2.25. The lowest BCUT2D eigenvalue weighted by molar-refractivity contribution is -0.165. The Morgan fingerprint density at radius 1 is 0.745 bits per heavy atom. The number of aromatic nitrogens is 1. The Hall–Kier alpha value is -2.93. The van der Waals surface area contributed by atoms with Crippen molar-refractivity contribution in [3.63, 3.8) is 0 Å². The summed E-state index contributed by atoms with van der Waals surface area (Å²) in [5.41, 5.74) is 0.523. The second-order valence-electron chi connectivity index (χ2n) is 10.8. The van der Waals surface area contributed by atoms with E-state index in [0.717, 1.165) is 18.2 Å². The minimum Gasteiger partial charge on any atom is -0.455 e. The van der Waals surface area contributed by atoms with Crippen molar-refractivity contribution in [2.75, 3.05) is 26.4 Å². The van der Waals surface area contributed by atoms with E-state index in [0.29, 0.717) is 34.9 Å². The molecule has 0 bridgehead atoms. The summed E-state index contributed by atoms with van der Waals surface area (Å²) >= 11 is 5.90. The van der Waals surface area contributed by atoms with Gasteiger partial charge in [-0.3, -0.25) is 4.98 Å². The molecular weight excluding hydrogens is 701 g/mol. The molecule has 3 heterocycles. The molecule has 2 saturated heterocycles. The lowest BCUT2D eigenvalue weighted by atomic mass is 10.1. The number of halogens is 6. The van der Waals surface area contributed by atoms with Gasteiger partial charge in [0.15, 0.2) is 11.6 Å². The zero-order valence-corrected chi connectivity index (χ0v) is 26.4. The van der Waals surface area contributed by atoms with Crippen molar-refractivity contribution in [1.29, 1.82) is 0 Å². The molecule has 2 fully saturated rings. The zero-order chi connectivity index (χ0) is 33.8. The summed E-state index contributed by atoms with van der Waals surface area (Å²) in [6, 6.07) is 5.74. The Kier molecular flexibility index (Phi) is 9.03. The van der Waals surface area contributed by atoms with Gasteiger partial charge in [-0.2, -0.15) is 17.6 Å². The van der Waals surface area contributed by atoms with Crippen LogP contribution >= 0.6 is 11.6 Å². The molecular formula is C29H25ClF5NO9S2. The molecule has 0 saturated carbocycles. The van der Waals surface area contributed by atoms with Gasteiger partial charge in [0.05, 0.1) is 47.4 Å². The van der Waals surface area contributed by atoms with Crippen LogP contribution in [0.1, 0.15) is 35.1 Å². The molecule has 10 nitrogen and oxygen atoms in total. The van der Waals surface area contributed by atoms with Gasteiger partial charge in [-0.25, -0.2) is 21.2 Å². The molecule has 0 N–H and O–H groups in total. The first-order valence-corrected chi connectivity index (χ1v) is 17.6. The van der Waals surface area contributed by atoms with Crippen molar-refractivity contribution < 1.29 is 62.5 Å². The molecule has 0 unspecified atom stereocenters. The third-order valence-corrected chi connectivity index (χ3v) is 11.2. The van der Waals surface area contributed by atoms with E-state index in [2.05, 4.69) is 4.98 Å². The van der Waals surface area contributed by atoms with Gasteiger partial charge in [-0.1, -0.05) is 11.6 Å². The van der Waals surface area contributed by atoms with Crippen LogP contribution in [0, 0.1) is 5.82 Å². The number of nitrogens with zero attached hydrogens (tertiary/aromatic N) is 1. The first-order chi connectivity index (χ1) is 22.2. The molecule has 3 aromatic rings. The van der Waals surface area contributed by atoms with Gasteiger partial charge in [0.25, 0.3) is 0 Å². The predicted molar refractivity (Wildman–Crippen MR) is 152 cm³/mol. The van der Waals surface area contributed by atoms with Gasteiger partial charge in [-0.05, 0) is 42.7 Å². The highest BCUT2D eigenvalue weighted by atomic mass is 35.5. The first kappa shape index (κ1) is 34.0. The van der Waals surface area contributed by atoms with Crippen LogP contribution in [0.15, 0.2) is 52.5 Å². The number of fused-ring (bicyclic) bond motifs is 4. The fourth-order valence-electron chi connectivity index (χ4n) is 6.19. The molecule has 7 rings (SSSR count). The minimum atomic E-state index is -4.84. The lowest BCUT2D eigenvalue weighted by Crippen LogP contribution is -2.27. The van der Waals surface area contributed by atoms with Crippen LogP contribution in [0.25, 0.3) is 0 Å². The van der Waals surface area contributed by atoms with E-state index >= 15 is 0 Å². The number of alkyl halides is 4. The summed E-state index contributed by atoms with van der Waals surface area (Å²) in [5.74, 6) is -9.86. The Morgan fingerprint density at radius 3 is 1.74 bits per heavy atom. The van der Waals surface area contributed by atoms with Gasteiger partial charge < -0.3 is 23.7 Å². The van der Waals surface area contributed by atoms with Crippen LogP contribution in [0.2, 0.25) is 5.02 Å². The third kappa shape index (κ3) is 5.89. The highest BCUT2D eigenvalue weighted by molar-refractivity contribution is 7.92. The van der Waals surface area contributed by atoms with Crippen molar-refractivity contribution in [3.05, 3.63) is 75.8 Å². The molecule has 0 atom stereocenters. The van der Waals surface area contributed by atoms with Crippen LogP contribution in [0.3, 0.4) is 0 Å². The Labute approximate surface area is 270 Å². The summed E-state index contributed by atoms with van der Waals surface area (Å²) in [6.45, 7) is 0.919. The molecule has 254 valence electrons. The van der Waals surface area contributed by atoms with Gasteiger partial charge in [0.2, 0.25) is 19.7 Å². The van der Waals surface area contributed by atoms with Crippen LogP contribution in [0.5, 0.6) is 11.5 Å². The van der Waals surface area contributed by atoms with Crippen LogP contribution < -0.4 is 4.74 Å². The maximum absolute atomic E-state index is 13.8. The van der Waals surface area contributed by atoms with Crippen molar-refractivity contribution >= 4 is 31.3 Å². The zero-order valence-electron chi connectivity index (χ0n) is 24.1. The number of benzene rings is 2. The highest BCUT2D eigenvalue weighted by Crippen LogP contribution is 2.51. The van der Waals surface area contributed by atoms with E-state index in [1.54, 1.807) is 0 Å².